The van der Waals surface area contributed by atoms with Gasteiger partial charge in [0.2, 0.25) is 5.91 Å². The predicted octanol–water partition coefficient (Wildman–Crippen LogP) is 1.59. The van der Waals surface area contributed by atoms with E-state index in [1.54, 1.807) is 0 Å². The standard InChI is InChI=1S/C13H12N2O/c14-4-3-9-6-10-2-1-5-15-12(16)8-11(7-9)13(10)15/h6-7H,1-3,5,8H2. The number of nitriles is 1. The Morgan fingerprint density at radius 3 is 3.00 bits per heavy atom. The zero-order chi connectivity index (χ0) is 11.1. The Kier molecular flexibility index (Phi) is 1.97. The molecule has 0 aromatic heterocycles. The molecule has 80 valence electrons. The second kappa shape index (κ2) is 3.34. The maximum absolute atomic E-state index is 11.8. The van der Waals surface area contributed by atoms with Gasteiger partial charge in [-0.05, 0) is 29.5 Å². The van der Waals surface area contributed by atoms with Gasteiger partial charge in [0.15, 0.2) is 0 Å². The van der Waals surface area contributed by atoms with E-state index in [2.05, 4.69) is 12.1 Å². The molecule has 1 aromatic carbocycles. The highest BCUT2D eigenvalue weighted by atomic mass is 16.2. The van der Waals surface area contributed by atoms with E-state index in [4.69, 9.17) is 5.26 Å². The molecule has 1 amide bonds. The number of aryl methyl sites for hydroxylation is 1. The molecule has 2 aliphatic rings. The van der Waals surface area contributed by atoms with Crippen LogP contribution < -0.4 is 4.90 Å². The first-order valence-corrected chi connectivity index (χ1v) is 5.61. The zero-order valence-electron chi connectivity index (χ0n) is 8.99. The van der Waals surface area contributed by atoms with E-state index in [0.29, 0.717) is 12.8 Å². The summed E-state index contributed by atoms with van der Waals surface area (Å²) < 4.78 is 0. The number of hydrogen-bond acceptors (Lipinski definition) is 2. The van der Waals surface area contributed by atoms with Crippen LogP contribution in [0.15, 0.2) is 12.1 Å². The molecule has 0 N–H and O–H groups in total. The van der Waals surface area contributed by atoms with Crippen LogP contribution in [0, 0.1) is 11.3 Å². The average Bonchev–Trinajstić information content (AvgIpc) is 2.58. The fraction of sp³-hybridized carbons (Fsp3) is 0.385. The summed E-state index contributed by atoms with van der Waals surface area (Å²) in [6, 6.07) is 6.28. The molecule has 0 fully saturated rings. The van der Waals surface area contributed by atoms with Crippen LogP contribution in [-0.2, 0) is 24.1 Å². The van der Waals surface area contributed by atoms with Gasteiger partial charge in [-0.25, -0.2) is 0 Å². The monoisotopic (exact) mass is 212 g/mol. The Morgan fingerprint density at radius 1 is 1.38 bits per heavy atom. The van der Waals surface area contributed by atoms with Crippen molar-refractivity contribution in [1.82, 2.24) is 0 Å². The van der Waals surface area contributed by atoms with Crippen molar-refractivity contribution in [3.05, 3.63) is 28.8 Å². The summed E-state index contributed by atoms with van der Waals surface area (Å²) in [5.74, 6) is 0.213. The summed E-state index contributed by atoms with van der Waals surface area (Å²) in [6.45, 7) is 0.858. The molecule has 2 heterocycles. The lowest BCUT2D eigenvalue weighted by molar-refractivity contribution is -0.117. The first kappa shape index (κ1) is 9.41. The fourth-order valence-corrected chi connectivity index (χ4v) is 2.74. The van der Waals surface area contributed by atoms with Gasteiger partial charge in [0, 0.05) is 6.54 Å². The van der Waals surface area contributed by atoms with Gasteiger partial charge >= 0.3 is 0 Å². The third kappa shape index (κ3) is 1.23. The lowest BCUT2D eigenvalue weighted by Gasteiger charge is -2.25. The number of carbonyl (C=O) groups excluding carboxylic acids is 1. The zero-order valence-corrected chi connectivity index (χ0v) is 8.99. The van der Waals surface area contributed by atoms with Gasteiger partial charge in [0.1, 0.15) is 0 Å². The molecule has 16 heavy (non-hydrogen) atoms. The SMILES string of the molecule is N#CCc1cc2c3c(c1)CC(=O)N3CCC2. The third-order valence-corrected chi connectivity index (χ3v) is 3.35. The van der Waals surface area contributed by atoms with E-state index in [1.165, 1.54) is 5.56 Å². The normalized spacial score (nSPS) is 17.2. The molecule has 3 heteroatoms. The van der Waals surface area contributed by atoms with Crippen molar-refractivity contribution in [2.45, 2.75) is 25.7 Å². The average molecular weight is 212 g/mol. The van der Waals surface area contributed by atoms with Crippen molar-refractivity contribution in [3.8, 4) is 6.07 Å². The van der Waals surface area contributed by atoms with Crippen LogP contribution in [0.3, 0.4) is 0 Å². The van der Waals surface area contributed by atoms with Crippen LogP contribution in [-0.4, -0.2) is 12.5 Å². The van der Waals surface area contributed by atoms with Crippen molar-refractivity contribution >= 4 is 11.6 Å². The van der Waals surface area contributed by atoms with Gasteiger partial charge in [-0.1, -0.05) is 12.1 Å². The van der Waals surface area contributed by atoms with Gasteiger partial charge in [-0.3, -0.25) is 4.79 Å². The molecule has 0 saturated carbocycles. The van der Waals surface area contributed by atoms with Gasteiger partial charge in [0.25, 0.3) is 0 Å². The van der Waals surface area contributed by atoms with E-state index in [9.17, 15) is 4.79 Å². The molecule has 3 nitrogen and oxygen atoms in total. The van der Waals surface area contributed by atoms with Crippen LogP contribution >= 0.6 is 0 Å². The molecule has 0 saturated heterocycles. The quantitative estimate of drug-likeness (QED) is 0.709. The highest BCUT2D eigenvalue weighted by Gasteiger charge is 2.32. The minimum Gasteiger partial charge on any atom is -0.312 e. The number of anilines is 1. The summed E-state index contributed by atoms with van der Waals surface area (Å²) >= 11 is 0. The van der Waals surface area contributed by atoms with Crippen molar-refractivity contribution < 1.29 is 4.79 Å². The number of amides is 1. The van der Waals surface area contributed by atoms with Gasteiger partial charge in [-0.15, -0.1) is 0 Å². The summed E-state index contributed by atoms with van der Waals surface area (Å²) in [5, 5.41) is 8.72. The predicted molar refractivity (Wildman–Crippen MR) is 60.1 cm³/mol. The smallest absolute Gasteiger partial charge is 0.231 e. The minimum absolute atomic E-state index is 0.213. The summed E-state index contributed by atoms with van der Waals surface area (Å²) in [5.41, 5.74) is 4.55. The van der Waals surface area contributed by atoms with E-state index < -0.39 is 0 Å². The number of benzene rings is 1. The number of nitrogens with zero attached hydrogens (tertiary/aromatic N) is 2. The van der Waals surface area contributed by atoms with Crippen molar-refractivity contribution in [2.75, 3.05) is 11.4 Å². The highest BCUT2D eigenvalue weighted by Crippen LogP contribution is 2.37. The summed E-state index contributed by atoms with van der Waals surface area (Å²) in [6.07, 6.45) is 3.02. The Bertz CT molecular complexity index is 513. The topological polar surface area (TPSA) is 44.1 Å². The number of carbonyl (C=O) groups is 1. The first-order valence-electron chi connectivity index (χ1n) is 5.61. The maximum Gasteiger partial charge on any atom is 0.231 e. The Morgan fingerprint density at radius 2 is 2.19 bits per heavy atom. The maximum atomic E-state index is 11.8. The Balaban J connectivity index is 2.15. The largest absolute Gasteiger partial charge is 0.312 e. The number of hydrogen-bond donors (Lipinski definition) is 0. The Hall–Kier alpha value is -1.82. The highest BCUT2D eigenvalue weighted by molar-refractivity contribution is 6.02. The molecule has 0 aliphatic carbocycles. The van der Waals surface area contributed by atoms with Crippen molar-refractivity contribution in [3.63, 3.8) is 0 Å². The van der Waals surface area contributed by atoms with Crippen molar-refractivity contribution in [1.29, 1.82) is 5.26 Å². The molecule has 2 aliphatic heterocycles. The molecule has 1 aromatic rings. The van der Waals surface area contributed by atoms with Gasteiger partial charge in [-0.2, -0.15) is 5.26 Å². The molecule has 0 unspecified atom stereocenters. The van der Waals surface area contributed by atoms with Gasteiger partial charge in [0.05, 0.1) is 24.6 Å². The molecular formula is C13H12N2O. The Labute approximate surface area is 94.3 Å². The fourth-order valence-electron chi connectivity index (χ4n) is 2.74. The lowest BCUT2D eigenvalue weighted by atomic mass is 9.96. The summed E-state index contributed by atoms with van der Waals surface area (Å²) in [4.78, 5) is 13.7. The second-order valence-electron chi connectivity index (χ2n) is 4.42. The van der Waals surface area contributed by atoms with E-state index in [1.807, 2.05) is 11.0 Å². The van der Waals surface area contributed by atoms with Gasteiger partial charge < -0.3 is 4.90 Å². The van der Waals surface area contributed by atoms with Crippen molar-refractivity contribution in [2.24, 2.45) is 0 Å². The molecule has 0 atom stereocenters. The molecular weight excluding hydrogens is 200 g/mol. The van der Waals surface area contributed by atoms with Crippen LogP contribution in [0.1, 0.15) is 23.1 Å². The van der Waals surface area contributed by atoms with Crippen LogP contribution in [0.2, 0.25) is 0 Å². The van der Waals surface area contributed by atoms with E-state index >= 15 is 0 Å². The van der Waals surface area contributed by atoms with E-state index in [0.717, 1.165) is 36.2 Å². The molecule has 3 rings (SSSR count). The molecule has 0 radical (unpaired) electrons. The third-order valence-electron chi connectivity index (χ3n) is 3.35. The molecule has 0 bridgehead atoms. The number of rotatable bonds is 1. The van der Waals surface area contributed by atoms with Crippen LogP contribution in [0.4, 0.5) is 5.69 Å². The van der Waals surface area contributed by atoms with Crippen LogP contribution in [0.5, 0.6) is 0 Å². The minimum atomic E-state index is 0.213. The second-order valence-corrected chi connectivity index (χ2v) is 4.42. The lowest BCUT2D eigenvalue weighted by Crippen LogP contribution is -2.31. The van der Waals surface area contributed by atoms with E-state index in [-0.39, 0.29) is 5.91 Å². The van der Waals surface area contributed by atoms with Crippen LogP contribution in [0.25, 0.3) is 0 Å². The first-order chi connectivity index (χ1) is 7.79. The summed E-state index contributed by atoms with van der Waals surface area (Å²) in [7, 11) is 0. The molecule has 0 spiro atoms.